The first-order valence-corrected chi connectivity index (χ1v) is 13.5. The van der Waals surface area contributed by atoms with E-state index in [2.05, 4.69) is 20.7 Å². The maximum Gasteiger partial charge on any atom is 0.471 e. The van der Waals surface area contributed by atoms with Crippen LogP contribution in [0.15, 0.2) is 65.7 Å². The number of halogens is 3. The molecule has 1 atom stereocenters. The van der Waals surface area contributed by atoms with Crippen molar-refractivity contribution in [3.05, 3.63) is 66.4 Å². The Morgan fingerprint density at radius 2 is 1.85 bits per heavy atom. The number of nitrogens with one attached hydrogen (secondary N) is 3. The Labute approximate surface area is 220 Å². The molecular weight excluding hydrogens is 537 g/mol. The lowest BCUT2D eigenvalue weighted by Crippen LogP contribution is -2.48. The van der Waals surface area contributed by atoms with Gasteiger partial charge in [-0.05, 0) is 54.8 Å². The molecule has 2 aromatic carbocycles. The fourth-order valence-electron chi connectivity index (χ4n) is 4.20. The van der Waals surface area contributed by atoms with Gasteiger partial charge in [0.15, 0.2) is 9.84 Å². The molecule has 5 rings (SSSR count). The molecule has 14 heteroatoms. The summed E-state index contributed by atoms with van der Waals surface area (Å²) >= 11 is 0. The van der Waals surface area contributed by atoms with Crippen LogP contribution in [0.25, 0.3) is 16.8 Å². The molecule has 10 nitrogen and oxygen atoms in total. The van der Waals surface area contributed by atoms with Crippen molar-refractivity contribution in [2.24, 2.45) is 0 Å². The van der Waals surface area contributed by atoms with Gasteiger partial charge < -0.3 is 16.0 Å². The first-order valence-electron chi connectivity index (χ1n) is 11.6. The van der Waals surface area contributed by atoms with Crippen molar-refractivity contribution in [3.8, 4) is 11.3 Å². The van der Waals surface area contributed by atoms with Crippen LogP contribution in [0.3, 0.4) is 0 Å². The van der Waals surface area contributed by atoms with Crippen LogP contribution in [0, 0.1) is 0 Å². The number of fused-ring (bicyclic) bond motifs is 2. The number of anilines is 3. The van der Waals surface area contributed by atoms with Gasteiger partial charge in [-0.2, -0.15) is 13.2 Å². The van der Waals surface area contributed by atoms with E-state index in [-0.39, 0.29) is 23.7 Å². The van der Waals surface area contributed by atoms with Gasteiger partial charge in [-0.1, -0.05) is 18.2 Å². The van der Waals surface area contributed by atoms with Crippen molar-refractivity contribution in [2.75, 3.05) is 16.9 Å². The van der Waals surface area contributed by atoms with E-state index in [4.69, 9.17) is 0 Å². The van der Waals surface area contributed by atoms with Crippen molar-refractivity contribution in [1.82, 2.24) is 19.9 Å². The molecule has 0 radical (unpaired) electrons. The van der Waals surface area contributed by atoms with E-state index >= 15 is 0 Å². The van der Waals surface area contributed by atoms with Crippen LogP contribution in [0.1, 0.15) is 12.0 Å². The summed E-state index contributed by atoms with van der Waals surface area (Å²) in [6, 6.07) is 13.8. The van der Waals surface area contributed by atoms with Crippen LogP contribution in [0.5, 0.6) is 0 Å². The van der Waals surface area contributed by atoms with Gasteiger partial charge in [0.05, 0.1) is 22.3 Å². The SMILES string of the molecule is CS(=O)(=O)c1ccc(-c2ccc3cnc(Nc4ccc5c(c4)NC(=O)C(NC(=O)C(F)(F)F)CC5)nn23)cc1. The molecule has 202 valence electrons. The van der Waals surface area contributed by atoms with Crippen LogP contribution in [0.4, 0.5) is 30.5 Å². The molecule has 3 N–H and O–H groups in total. The third-order valence-electron chi connectivity index (χ3n) is 6.18. The molecule has 1 aliphatic rings. The number of carbonyl (C=O) groups excluding carboxylic acids is 2. The van der Waals surface area contributed by atoms with Gasteiger partial charge in [0.25, 0.3) is 0 Å². The highest BCUT2D eigenvalue weighted by atomic mass is 32.2. The number of sulfone groups is 1. The monoisotopic (exact) mass is 558 g/mol. The van der Waals surface area contributed by atoms with E-state index in [0.717, 1.165) is 11.8 Å². The fraction of sp³-hybridized carbons (Fsp3) is 0.200. The number of hydrogen-bond donors (Lipinski definition) is 3. The van der Waals surface area contributed by atoms with Crippen molar-refractivity contribution in [1.29, 1.82) is 0 Å². The average molecular weight is 559 g/mol. The van der Waals surface area contributed by atoms with Crippen molar-refractivity contribution < 1.29 is 31.2 Å². The number of rotatable bonds is 5. The molecule has 1 unspecified atom stereocenters. The highest BCUT2D eigenvalue weighted by Crippen LogP contribution is 2.28. The van der Waals surface area contributed by atoms with E-state index < -0.39 is 33.9 Å². The second kappa shape index (κ2) is 9.69. The van der Waals surface area contributed by atoms with Crippen molar-refractivity contribution >= 4 is 44.5 Å². The van der Waals surface area contributed by atoms with E-state index in [0.29, 0.717) is 28.1 Å². The normalized spacial score (nSPS) is 15.8. The number of hydrogen-bond acceptors (Lipinski definition) is 7. The zero-order valence-corrected chi connectivity index (χ0v) is 21.1. The second-order valence-electron chi connectivity index (χ2n) is 8.98. The van der Waals surface area contributed by atoms with E-state index in [1.807, 2.05) is 12.1 Å². The molecule has 2 aromatic heterocycles. The summed E-state index contributed by atoms with van der Waals surface area (Å²) in [6.45, 7) is 0. The molecular formula is C25H21F3N6O4S. The Kier molecular flexibility index (Phi) is 6.50. The molecule has 0 spiro atoms. The van der Waals surface area contributed by atoms with Gasteiger partial charge in [0, 0.05) is 23.2 Å². The molecule has 0 aliphatic carbocycles. The van der Waals surface area contributed by atoms with Gasteiger partial charge in [-0.25, -0.2) is 17.9 Å². The van der Waals surface area contributed by atoms with Gasteiger partial charge in [0.2, 0.25) is 11.9 Å². The van der Waals surface area contributed by atoms with Crippen LogP contribution < -0.4 is 16.0 Å². The maximum absolute atomic E-state index is 12.6. The molecule has 0 bridgehead atoms. The first-order chi connectivity index (χ1) is 18.4. The average Bonchev–Trinajstić information content (AvgIpc) is 3.22. The lowest BCUT2D eigenvalue weighted by Gasteiger charge is -2.16. The summed E-state index contributed by atoms with van der Waals surface area (Å²) in [7, 11) is -3.33. The minimum absolute atomic E-state index is 0.00871. The Hall–Kier alpha value is -4.46. The Morgan fingerprint density at radius 1 is 1.10 bits per heavy atom. The number of aromatic nitrogens is 3. The summed E-state index contributed by atoms with van der Waals surface area (Å²) in [5.74, 6) is -2.69. The number of carbonyl (C=O) groups is 2. The number of alkyl halides is 3. The number of aryl methyl sites for hydroxylation is 1. The molecule has 1 aliphatic heterocycles. The standard InChI is InChI=1S/C25H21F3N6O4S/c1-39(37,38)18-8-3-15(4-9-18)21-11-7-17-13-29-24(33-34(17)21)30-16-6-2-14-5-10-19(22(35)31-20(14)12-16)32-23(36)25(26,27)28/h2-4,6-9,11-13,19H,5,10H2,1H3,(H,30,33)(H,31,35)(H,32,36). The third kappa shape index (κ3) is 5.55. The molecule has 2 amide bonds. The van der Waals surface area contributed by atoms with Gasteiger partial charge in [-0.3, -0.25) is 9.59 Å². The molecule has 4 aromatic rings. The molecule has 3 heterocycles. The Bertz CT molecular complexity index is 1700. The van der Waals surface area contributed by atoms with E-state index in [9.17, 15) is 31.2 Å². The second-order valence-corrected chi connectivity index (χ2v) is 11.0. The Morgan fingerprint density at radius 3 is 2.54 bits per heavy atom. The highest BCUT2D eigenvalue weighted by molar-refractivity contribution is 7.90. The smallest absolute Gasteiger partial charge is 0.336 e. The van der Waals surface area contributed by atoms with E-state index in [1.165, 1.54) is 12.1 Å². The largest absolute Gasteiger partial charge is 0.471 e. The maximum atomic E-state index is 12.6. The quantitative estimate of drug-likeness (QED) is 0.341. The topological polar surface area (TPSA) is 135 Å². The third-order valence-corrected chi connectivity index (χ3v) is 7.31. The summed E-state index contributed by atoms with van der Waals surface area (Å²) in [5, 5.41) is 11.9. The molecule has 0 saturated heterocycles. The van der Waals surface area contributed by atoms with Crippen LogP contribution >= 0.6 is 0 Å². The Balaban J connectivity index is 1.36. The molecule has 0 fully saturated rings. The van der Waals surface area contributed by atoms with Gasteiger partial charge in [-0.15, -0.1) is 5.10 Å². The van der Waals surface area contributed by atoms with Crippen molar-refractivity contribution in [2.45, 2.75) is 30.0 Å². The number of amides is 2. The minimum Gasteiger partial charge on any atom is -0.336 e. The predicted molar refractivity (Wildman–Crippen MR) is 136 cm³/mol. The van der Waals surface area contributed by atoms with Gasteiger partial charge >= 0.3 is 12.1 Å². The predicted octanol–water partition coefficient (Wildman–Crippen LogP) is 3.48. The number of benzene rings is 2. The summed E-state index contributed by atoms with van der Waals surface area (Å²) in [5.41, 5.74) is 3.74. The van der Waals surface area contributed by atoms with E-state index in [1.54, 1.807) is 46.4 Å². The number of nitrogens with zero attached hydrogens (tertiary/aromatic N) is 3. The van der Waals surface area contributed by atoms with Crippen LogP contribution in [-0.4, -0.2) is 53.3 Å². The highest BCUT2D eigenvalue weighted by Gasteiger charge is 2.41. The summed E-state index contributed by atoms with van der Waals surface area (Å²) < 4.78 is 63.1. The lowest BCUT2D eigenvalue weighted by atomic mass is 10.1. The minimum atomic E-state index is -5.09. The van der Waals surface area contributed by atoms with Gasteiger partial charge in [0.1, 0.15) is 6.04 Å². The summed E-state index contributed by atoms with van der Waals surface area (Å²) in [4.78, 5) is 28.3. The zero-order chi connectivity index (χ0) is 27.9. The first kappa shape index (κ1) is 26.2. The lowest BCUT2D eigenvalue weighted by molar-refractivity contribution is -0.174. The molecule has 39 heavy (non-hydrogen) atoms. The van der Waals surface area contributed by atoms with Crippen molar-refractivity contribution in [3.63, 3.8) is 0 Å². The zero-order valence-electron chi connectivity index (χ0n) is 20.3. The fourth-order valence-corrected chi connectivity index (χ4v) is 4.83. The summed E-state index contributed by atoms with van der Waals surface area (Å²) in [6.07, 6.45) is -2.07. The van der Waals surface area contributed by atoms with Crippen LogP contribution in [0.2, 0.25) is 0 Å². The molecule has 0 saturated carbocycles. The van der Waals surface area contributed by atoms with Crippen LogP contribution in [-0.2, 0) is 25.8 Å².